The fraction of sp³-hybridized carbons (Fsp3) is 0.318. The zero-order valence-electron chi connectivity index (χ0n) is 16.2. The zero-order valence-corrected chi connectivity index (χ0v) is 16.2. The quantitative estimate of drug-likeness (QED) is 0.680. The highest BCUT2D eigenvalue weighted by molar-refractivity contribution is 6.09. The van der Waals surface area contributed by atoms with E-state index in [1.165, 1.54) is 0 Å². The van der Waals surface area contributed by atoms with E-state index in [1.807, 2.05) is 37.3 Å². The molecule has 1 aromatic heterocycles. The van der Waals surface area contributed by atoms with Crippen LogP contribution in [0.3, 0.4) is 0 Å². The minimum atomic E-state index is -2.98. The lowest BCUT2D eigenvalue weighted by molar-refractivity contribution is -0.00247. The van der Waals surface area contributed by atoms with Crippen molar-refractivity contribution in [2.24, 2.45) is 0 Å². The average molecular weight is 400 g/mol. The molecule has 152 valence electrons. The lowest BCUT2D eigenvalue weighted by Gasteiger charge is -2.19. The molecule has 0 radical (unpaired) electrons. The number of halogens is 2. The molecule has 1 amide bonds. The van der Waals surface area contributed by atoms with Crippen molar-refractivity contribution in [2.45, 2.75) is 32.4 Å². The molecule has 1 saturated heterocycles. The highest BCUT2D eigenvalue weighted by Crippen LogP contribution is 2.34. The van der Waals surface area contributed by atoms with Gasteiger partial charge in [-0.2, -0.15) is 0 Å². The Bertz CT molecular complexity index is 1050. The summed E-state index contributed by atoms with van der Waals surface area (Å²) in [5.74, 6) is -2.56. The molecule has 3 aromatic rings. The number of fused-ring (bicyclic) bond motifs is 1. The predicted octanol–water partition coefficient (Wildman–Crippen LogP) is 3.97. The predicted molar refractivity (Wildman–Crippen MR) is 106 cm³/mol. The summed E-state index contributed by atoms with van der Waals surface area (Å²) in [6.07, 6.45) is 0. The number of aryl methyl sites for hydroxylation is 2. The normalized spacial score (nSPS) is 18.1. The van der Waals surface area contributed by atoms with Gasteiger partial charge in [-0.15, -0.1) is 0 Å². The number of nitrogens with one attached hydrogen (secondary N) is 2. The van der Waals surface area contributed by atoms with Crippen LogP contribution >= 0.6 is 0 Å². The van der Waals surface area contributed by atoms with Crippen molar-refractivity contribution >= 4 is 16.9 Å². The van der Waals surface area contributed by atoms with E-state index in [0.717, 1.165) is 11.1 Å². The van der Waals surface area contributed by atoms with Gasteiger partial charge in [0.05, 0.1) is 12.1 Å². The van der Waals surface area contributed by atoms with E-state index in [1.54, 1.807) is 19.1 Å². The van der Waals surface area contributed by atoms with E-state index in [0.29, 0.717) is 29.1 Å². The molecule has 4 rings (SSSR count). The van der Waals surface area contributed by atoms with Crippen molar-refractivity contribution < 1.29 is 22.7 Å². The molecule has 1 atom stereocenters. The molecule has 0 bridgehead atoms. The second-order valence-corrected chi connectivity index (χ2v) is 7.29. The first-order valence-electron chi connectivity index (χ1n) is 9.45. The molecular formula is C22H22F2N2O3. The number of ether oxygens (including phenoxy) is 1. The van der Waals surface area contributed by atoms with Gasteiger partial charge in [0.15, 0.2) is 0 Å². The maximum Gasteiger partial charge on any atom is 0.281 e. The van der Waals surface area contributed by atoms with E-state index < -0.39 is 24.4 Å². The topological polar surface area (TPSA) is 63.5 Å². The summed E-state index contributed by atoms with van der Waals surface area (Å²) in [6, 6.07) is 12.0. The molecule has 1 fully saturated rings. The fourth-order valence-electron chi connectivity index (χ4n) is 3.66. The summed E-state index contributed by atoms with van der Waals surface area (Å²) in [5, 5.41) is 5.65. The van der Waals surface area contributed by atoms with Crippen molar-refractivity contribution in [3.63, 3.8) is 0 Å². The summed E-state index contributed by atoms with van der Waals surface area (Å²) >= 11 is 0. The van der Waals surface area contributed by atoms with Crippen LogP contribution in [0.15, 0.2) is 46.9 Å². The fourth-order valence-corrected chi connectivity index (χ4v) is 3.66. The van der Waals surface area contributed by atoms with Gasteiger partial charge in [0.25, 0.3) is 11.8 Å². The summed E-state index contributed by atoms with van der Waals surface area (Å²) in [5.41, 5.74) is 2.54. The van der Waals surface area contributed by atoms with Crippen LogP contribution in [0.5, 0.6) is 5.75 Å². The van der Waals surface area contributed by atoms with Gasteiger partial charge < -0.3 is 19.8 Å². The van der Waals surface area contributed by atoms with Crippen LogP contribution in [0.25, 0.3) is 11.0 Å². The molecule has 2 N–H and O–H groups in total. The van der Waals surface area contributed by atoms with Crippen LogP contribution < -0.4 is 15.4 Å². The van der Waals surface area contributed by atoms with Gasteiger partial charge in [0.2, 0.25) is 0 Å². The lowest BCUT2D eigenvalue weighted by Crippen LogP contribution is -2.46. The SMILES string of the molecule is Cc1oc2ccc(OCc3ccccc3)c(C)c2c1C(=O)NC1CNCC1(F)F. The maximum atomic E-state index is 13.9. The van der Waals surface area contributed by atoms with Crippen LogP contribution in [0, 0.1) is 13.8 Å². The average Bonchev–Trinajstić information content (AvgIpc) is 3.20. The van der Waals surface area contributed by atoms with Gasteiger partial charge in [0, 0.05) is 17.5 Å². The Kier molecular flexibility index (Phi) is 5.00. The molecule has 2 aromatic carbocycles. The number of hydrogen-bond donors (Lipinski definition) is 2. The molecule has 7 heteroatoms. The number of hydrogen-bond acceptors (Lipinski definition) is 4. The lowest BCUT2D eigenvalue weighted by atomic mass is 10.0. The molecule has 0 aliphatic carbocycles. The molecule has 1 unspecified atom stereocenters. The number of carbonyl (C=O) groups is 1. The van der Waals surface area contributed by atoms with E-state index in [9.17, 15) is 13.6 Å². The van der Waals surface area contributed by atoms with Crippen molar-refractivity contribution in [3.05, 3.63) is 64.9 Å². The molecule has 5 nitrogen and oxygen atoms in total. The van der Waals surface area contributed by atoms with Gasteiger partial charge in [-0.05, 0) is 31.5 Å². The van der Waals surface area contributed by atoms with Crippen molar-refractivity contribution in [3.8, 4) is 5.75 Å². The third kappa shape index (κ3) is 3.70. The highest BCUT2D eigenvalue weighted by atomic mass is 19.3. The number of carbonyl (C=O) groups excluding carboxylic acids is 1. The van der Waals surface area contributed by atoms with Gasteiger partial charge >= 0.3 is 0 Å². The third-order valence-electron chi connectivity index (χ3n) is 5.23. The molecule has 1 aliphatic rings. The molecule has 0 spiro atoms. The summed E-state index contributed by atoms with van der Waals surface area (Å²) in [4.78, 5) is 12.9. The van der Waals surface area contributed by atoms with E-state index in [-0.39, 0.29) is 12.1 Å². The monoisotopic (exact) mass is 400 g/mol. The number of furan rings is 1. The van der Waals surface area contributed by atoms with Gasteiger partial charge in [-0.1, -0.05) is 30.3 Å². The summed E-state index contributed by atoms with van der Waals surface area (Å²) in [7, 11) is 0. The van der Waals surface area contributed by atoms with Crippen molar-refractivity contribution in [2.75, 3.05) is 13.1 Å². The van der Waals surface area contributed by atoms with Crippen LogP contribution in [0.4, 0.5) is 8.78 Å². The van der Waals surface area contributed by atoms with E-state index in [4.69, 9.17) is 9.15 Å². The maximum absolute atomic E-state index is 13.9. The van der Waals surface area contributed by atoms with E-state index in [2.05, 4.69) is 10.6 Å². The largest absolute Gasteiger partial charge is 0.489 e. The first-order chi connectivity index (χ1) is 13.9. The molecular weight excluding hydrogens is 378 g/mol. The van der Waals surface area contributed by atoms with Crippen LogP contribution in [0.1, 0.15) is 27.2 Å². The molecule has 1 aliphatic heterocycles. The summed E-state index contributed by atoms with van der Waals surface area (Å²) in [6.45, 7) is 3.45. The van der Waals surface area contributed by atoms with Gasteiger partial charge in [-0.25, -0.2) is 8.78 Å². The minimum Gasteiger partial charge on any atom is -0.489 e. The van der Waals surface area contributed by atoms with E-state index >= 15 is 0 Å². The minimum absolute atomic E-state index is 0.0258. The Morgan fingerprint density at radius 2 is 2.00 bits per heavy atom. The Labute approximate surface area is 167 Å². The Morgan fingerprint density at radius 1 is 1.24 bits per heavy atom. The van der Waals surface area contributed by atoms with Crippen molar-refractivity contribution in [1.29, 1.82) is 0 Å². The Balaban J connectivity index is 1.63. The first-order valence-corrected chi connectivity index (χ1v) is 9.45. The standard InChI is InChI=1S/C22H22F2N2O3/c1-13-16(28-11-15-6-4-3-5-7-15)8-9-17-19(13)20(14(2)29-17)21(27)26-18-10-25-12-22(18,23)24/h3-9,18,25H,10-12H2,1-2H3,(H,26,27). The second-order valence-electron chi connectivity index (χ2n) is 7.29. The number of benzene rings is 2. The number of rotatable bonds is 5. The molecule has 0 saturated carbocycles. The first kappa shape index (κ1) is 19.4. The summed E-state index contributed by atoms with van der Waals surface area (Å²) < 4.78 is 39.5. The Morgan fingerprint density at radius 3 is 2.69 bits per heavy atom. The van der Waals surface area contributed by atoms with Crippen molar-refractivity contribution in [1.82, 2.24) is 10.6 Å². The third-order valence-corrected chi connectivity index (χ3v) is 5.23. The van der Waals surface area contributed by atoms with Crippen LogP contribution in [-0.2, 0) is 6.61 Å². The smallest absolute Gasteiger partial charge is 0.281 e. The Hall–Kier alpha value is -2.93. The van der Waals surface area contributed by atoms with Gasteiger partial charge in [0.1, 0.15) is 29.7 Å². The highest BCUT2D eigenvalue weighted by Gasteiger charge is 2.45. The van der Waals surface area contributed by atoms with Crippen LogP contribution in [0.2, 0.25) is 0 Å². The van der Waals surface area contributed by atoms with Gasteiger partial charge in [-0.3, -0.25) is 4.79 Å². The molecule has 2 heterocycles. The van der Waals surface area contributed by atoms with Crippen LogP contribution in [-0.4, -0.2) is 31.0 Å². The number of alkyl halides is 2. The zero-order chi connectivity index (χ0) is 20.6. The second kappa shape index (κ2) is 7.48. The molecule has 29 heavy (non-hydrogen) atoms. The number of amides is 1.